The first-order valence-electron chi connectivity index (χ1n) is 6.91. The number of carbonyl (C=O) groups is 1. The van der Waals surface area contributed by atoms with E-state index in [1.165, 1.54) is 35.0 Å². The van der Waals surface area contributed by atoms with E-state index in [2.05, 4.69) is 0 Å². The smallest absolute Gasteiger partial charge is 0.288 e. The Morgan fingerprint density at radius 2 is 2.08 bits per heavy atom. The molecular formula is C16H11ClFN3O3. The van der Waals surface area contributed by atoms with Crippen LogP contribution in [0.1, 0.15) is 15.9 Å². The number of benzene rings is 2. The first kappa shape index (κ1) is 16.1. The van der Waals surface area contributed by atoms with Crippen LogP contribution in [0.2, 0.25) is 5.02 Å². The molecule has 0 saturated carbocycles. The van der Waals surface area contributed by atoms with E-state index >= 15 is 0 Å². The van der Waals surface area contributed by atoms with E-state index in [1.807, 2.05) is 0 Å². The van der Waals surface area contributed by atoms with Crippen molar-refractivity contribution >= 4 is 34.1 Å². The molecule has 1 heterocycles. The SMILES string of the molecule is NCc1cn(C(=O)c2ccc(Cl)c([N+](=O)[O-])c2)c2cccc(F)c12. The Balaban J connectivity index is 2.18. The summed E-state index contributed by atoms with van der Waals surface area (Å²) in [5, 5.41) is 11.2. The van der Waals surface area contributed by atoms with Crippen LogP contribution < -0.4 is 5.73 Å². The third-order valence-electron chi connectivity index (χ3n) is 3.69. The van der Waals surface area contributed by atoms with Crippen LogP contribution in [0.15, 0.2) is 42.6 Å². The summed E-state index contributed by atoms with van der Waals surface area (Å²) in [5.74, 6) is -1.02. The van der Waals surface area contributed by atoms with Gasteiger partial charge in [-0.15, -0.1) is 0 Å². The summed E-state index contributed by atoms with van der Waals surface area (Å²) in [6, 6.07) is 8.10. The summed E-state index contributed by atoms with van der Waals surface area (Å²) < 4.78 is 15.3. The number of hydrogen-bond donors (Lipinski definition) is 1. The Bertz CT molecular complexity index is 984. The molecule has 3 rings (SSSR count). The summed E-state index contributed by atoms with van der Waals surface area (Å²) in [6.45, 7) is 0.0540. The maximum absolute atomic E-state index is 14.0. The van der Waals surface area contributed by atoms with Crippen LogP contribution in [-0.2, 0) is 6.54 Å². The lowest BCUT2D eigenvalue weighted by molar-refractivity contribution is -0.384. The summed E-state index contributed by atoms with van der Waals surface area (Å²) in [6.07, 6.45) is 1.44. The van der Waals surface area contributed by atoms with Gasteiger partial charge in [0.15, 0.2) is 0 Å². The molecule has 0 aliphatic heterocycles. The molecule has 3 aromatic rings. The highest BCUT2D eigenvalue weighted by Crippen LogP contribution is 2.28. The van der Waals surface area contributed by atoms with E-state index in [4.69, 9.17) is 17.3 Å². The number of fused-ring (bicyclic) bond motifs is 1. The minimum Gasteiger partial charge on any atom is -0.326 e. The quantitative estimate of drug-likeness (QED) is 0.580. The standard InChI is InChI=1S/C16H11ClFN3O3/c17-11-5-4-9(6-14(11)21(23)24)16(22)20-8-10(7-19)15-12(18)2-1-3-13(15)20/h1-6,8H,7,19H2. The highest BCUT2D eigenvalue weighted by molar-refractivity contribution is 6.32. The summed E-state index contributed by atoms with van der Waals surface area (Å²) in [5.41, 5.74) is 6.13. The fourth-order valence-corrected chi connectivity index (χ4v) is 2.76. The van der Waals surface area contributed by atoms with E-state index in [9.17, 15) is 19.3 Å². The normalized spacial score (nSPS) is 11.0. The van der Waals surface area contributed by atoms with Gasteiger partial charge in [-0.2, -0.15) is 0 Å². The highest BCUT2D eigenvalue weighted by Gasteiger charge is 2.20. The summed E-state index contributed by atoms with van der Waals surface area (Å²) in [7, 11) is 0. The zero-order valence-electron chi connectivity index (χ0n) is 12.2. The van der Waals surface area contributed by atoms with Gasteiger partial charge in [-0.3, -0.25) is 19.5 Å². The average Bonchev–Trinajstić information content (AvgIpc) is 2.94. The van der Waals surface area contributed by atoms with Crippen molar-refractivity contribution in [3.8, 4) is 0 Å². The fraction of sp³-hybridized carbons (Fsp3) is 0.0625. The molecule has 122 valence electrons. The number of nitro benzene ring substituents is 1. The molecule has 0 aliphatic rings. The first-order chi connectivity index (χ1) is 11.4. The summed E-state index contributed by atoms with van der Waals surface area (Å²) in [4.78, 5) is 23.0. The van der Waals surface area contributed by atoms with Gasteiger partial charge in [0.05, 0.1) is 10.4 Å². The zero-order chi connectivity index (χ0) is 17.4. The minimum absolute atomic E-state index is 0.0540. The third kappa shape index (κ3) is 2.53. The molecule has 2 aromatic carbocycles. The van der Waals surface area contributed by atoms with Gasteiger partial charge >= 0.3 is 0 Å². The molecule has 0 unspecified atom stereocenters. The van der Waals surface area contributed by atoms with E-state index in [0.29, 0.717) is 11.1 Å². The number of carbonyl (C=O) groups excluding carboxylic acids is 1. The molecule has 6 nitrogen and oxygen atoms in total. The van der Waals surface area contributed by atoms with Crippen molar-refractivity contribution in [2.45, 2.75) is 6.54 Å². The van der Waals surface area contributed by atoms with Gasteiger partial charge in [0.2, 0.25) is 0 Å². The van der Waals surface area contributed by atoms with Gasteiger partial charge in [0.25, 0.3) is 11.6 Å². The van der Waals surface area contributed by atoms with Crippen LogP contribution in [-0.4, -0.2) is 15.4 Å². The molecule has 24 heavy (non-hydrogen) atoms. The fourth-order valence-electron chi connectivity index (χ4n) is 2.57. The number of halogens is 2. The van der Waals surface area contributed by atoms with Crippen LogP contribution in [0, 0.1) is 15.9 Å². The van der Waals surface area contributed by atoms with Crippen LogP contribution >= 0.6 is 11.6 Å². The second-order valence-electron chi connectivity index (χ2n) is 5.09. The maximum Gasteiger partial charge on any atom is 0.288 e. The molecule has 8 heteroatoms. The van der Waals surface area contributed by atoms with Crippen molar-refractivity contribution < 1.29 is 14.1 Å². The van der Waals surface area contributed by atoms with Crippen molar-refractivity contribution in [1.29, 1.82) is 0 Å². The molecule has 1 aromatic heterocycles. The molecule has 0 aliphatic carbocycles. The lowest BCUT2D eigenvalue weighted by Crippen LogP contribution is -2.11. The molecular weight excluding hydrogens is 337 g/mol. The van der Waals surface area contributed by atoms with Crippen molar-refractivity contribution in [2.24, 2.45) is 5.73 Å². The van der Waals surface area contributed by atoms with Gasteiger partial charge < -0.3 is 5.73 Å². The highest BCUT2D eigenvalue weighted by atomic mass is 35.5. The molecule has 2 N–H and O–H groups in total. The zero-order valence-corrected chi connectivity index (χ0v) is 13.0. The maximum atomic E-state index is 14.0. The van der Waals surface area contributed by atoms with Gasteiger partial charge in [-0.1, -0.05) is 17.7 Å². The monoisotopic (exact) mass is 347 g/mol. The molecule has 0 saturated heterocycles. The molecule has 0 bridgehead atoms. The van der Waals surface area contributed by atoms with Crippen LogP contribution in [0.3, 0.4) is 0 Å². The molecule has 0 atom stereocenters. The second-order valence-corrected chi connectivity index (χ2v) is 5.50. The van der Waals surface area contributed by atoms with Gasteiger partial charge in [0.1, 0.15) is 10.8 Å². The number of aromatic nitrogens is 1. The lowest BCUT2D eigenvalue weighted by atomic mass is 10.1. The lowest BCUT2D eigenvalue weighted by Gasteiger charge is -2.05. The molecule has 0 fully saturated rings. The largest absolute Gasteiger partial charge is 0.326 e. The first-order valence-corrected chi connectivity index (χ1v) is 7.29. The van der Waals surface area contributed by atoms with Crippen molar-refractivity contribution in [3.63, 3.8) is 0 Å². The predicted octanol–water partition coefficient (Wildman–Crippen LogP) is 3.49. The van der Waals surface area contributed by atoms with E-state index in [-0.39, 0.29) is 28.2 Å². The predicted molar refractivity (Wildman–Crippen MR) is 87.6 cm³/mol. The number of nitrogens with zero attached hydrogens (tertiary/aromatic N) is 2. The van der Waals surface area contributed by atoms with Gasteiger partial charge in [-0.05, 0) is 29.8 Å². The van der Waals surface area contributed by atoms with E-state index in [1.54, 1.807) is 6.07 Å². The van der Waals surface area contributed by atoms with Gasteiger partial charge in [0, 0.05) is 29.8 Å². The Labute approximate surface area is 140 Å². The Morgan fingerprint density at radius 1 is 1.33 bits per heavy atom. The molecule has 0 amide bonds. The minimum atomic E-state index is -0.669. The Hall–Kier alpha value is -2.77. The van der Waals surface area contributed by atoms with Crippen LogP contribution in [0.4, 0.5) is 10.1 Å². The number of nitrogens with two attached hydrogens (primary N) is 1. The Kier molecular flexibility index (Phi) is 4.04. The third-order valence-corrected chi connectivity index (χ3v) is 4.01. The number of nitro groups is 1. The van der Waals surface area contributed by atoms with E-state index < -0.39 is 16.6 Å². The average molecular weight is 348 g/mol. The second kappa shape index (κ2) is 6.03. The van der Waals surface area contributed by atoms with Crippen LogP contribution in [0.5, 0.6) is 0 Å². The van der Waals surface area contributed by atoms with Crippen molar-refractivity contribution in [1.82, 2.24) is 4.57 Å². The topological polar surface area (TPSA) is 91.2 Å². The van der Waals surface area contributed by atoms with E-state index in [0.717, 1.165) is 6.07 Å². The van der Waals surface area contributed by atoms with Crippen molar-refractivity contribution in [3.05, 3.63) is 74.7 Å². The van der Waals surface area contributed by atoms with Crippen LogP contribution in [0.25, 0.3) is 10.9 Å². The Morgan fingerprint density at radius 3 is 2.75 bits per heavy atom. The molecule has 0 spiro atoms. The summed E-state index contributed by atoms with van der Waals surface area (Å²) >= 11 is 5.76. The van der Waals surface area contributed by atoms with Gasteiger partial charge in [-0.25, -0.2) is 4.39 Å². The number of hydrogen-bond acceptors (Lipinski definition) is 4. The van der Waals surface area contributed by atoms with Crippen molar-refractivity contribution in [2.75, 3.05) is 0 Å². The molecule has 0 radical (unpaired) electrons. The number of rotatable bonds is 3.